The van der Waals surface area contributed by atoms with Gasteiger partial charge in [-0.3, -0.25) is 14.4 Å². The van der Waals surface area contributed by atoms with Crippen LogP contribution in [0, 0.1) is 5.92 Å². The smallest absolute Gasteiger partial charge is 0.311 e. The first-order chi connectivity index (χ1) is 15.3. The number of amides is 1. The molecule has 0 bridgehead atoms. The number of carbonyl (C=O) groups excluding carboxylic acids is 3. The fraction of sp³-hybridized carbons (Fsp3) is 0.435. The van der Waals surface area contributed by atoms with E-state index in [1.54, 1.807) is 45.9 Å². The molecule has 0 heterocycles. The maximum absolute atomic E-state index is 13.1. The molecule has 2 unspecified atom stereocenters. The molecule has 2 aromatic rings. The number of benzene rings is 2. The lowest BCUT2D eigenvalue weighted by atomic mass is 9.94. The lowest BCUT2D eigenvalue weighted by Crippen LogP contribution is -2.52. The summed E-state index contributed by atoms with van der Waals surface area (Å²) < 4.78 is 38.6. The number of nitrogens with one attached hydrogen (secondary N) is 1. The number of primary amides is 1. The lowest BCUT2D eigenvalue weighted by Gasteiger charge is -2.28. The molecule has 2 atom stereocenters. The lowest BCUT2D eigenvalue weighted by molar-refractivity contribution is -0.162. The van der Waals surface area contributed by atoms with E-state index in [1.165, 1.54) is 12.1 Å². The number of ether oxygens (including phenoxy) is 2. The molecule has 2 aromatic carbocycles. The van der Waals surface area contributed by atoms with Crippen LogP contribution in [0.4, 0.5) is 0 Å². The van der Waals surface area contributed by atoms with Gasteiger partial charge in [-0.05, 0) is 57.0 Å². The normalized spacial score (nSPS) is 13.8. The third-order valence-electron chi connectivity index (χ3n) is 4.70. The van der Waals surface area contributed by atoms with Crippen LogP contribution in [0.3, 0.4) is 0 Å². The Morgan fingerprint density at radius 3 is 2.27 bits per heavy atom. The van der Waals surface area contributed by atoms with Crippen molar-refractivity contribution in [3.63, 3.8) is 0 Å². The Bertz CT molecular complexity index is 1120. The van der Waals surface area contributed by atoms with E-state index in [1.807, 2.05) is 12.1 Å². The summed E-state index contributed by atoms with van der Waals surface area (Å²) in [6.07, 6.45) is -0.416. The van der Waals surface area contributed by atoms with Gasteiger partial charge in [0, 0.05) is 6.42 Å². The Labute approximate surface area is 193 Å². The first-order valence-electron chi connectivity index (χ1n) is 10.5. The van der Waals surface area contributed by atoms with E-state index in [4.69, 9.17) is 15.2 Å². The first-order valence-corrected chi connectivity index (χ1v) is 12.0. The molecule has 33 heavy (non-hydrogen) atoms. The van der Waals surface area contributed by atoms with Crippen molar-refractivity contribution in [2.75, 3.05) is 6.61 Å². The quantitative estimate of drug-likeness (QED) is 0.499. The standard InChI is InChI=1S/C23H30N2O7S/c1-5-31-19(26)13-12-18(22(28)32-23(2,3)4)20(21(24)27)25-33(29,30)17-11-10-15-8-6-7-9-16(15)14-17/h6-11,14,18,20,25H,5,12-13H2,1-4H3,(H2,24,27). The molecule has 180 valence electrons. The molecule has 0 aliphatic heterocycles. The van der Waals surface area contributed by atoms with Crippen LogP contribution in [0.5, 0.6) is 0 Å². The summed E-state index contributed by atoms with van der Waals surface area (Å²) in [7, 11) is -4.24. The van der Waals surface area contributed by atoms with E-state index < -0.39 is 45.4 Å². The van der Waals surface area contributed by atoms with Crippen molar-refractivity contribution in [3.05, 3.63) is 42.5 Å². The fourth-order valence-corrected chi connectivity index (χ4v) is 4.49. The summed E-state index contributed by atoms with van der Waals surface area (Å²) in [6.45, 7) is 6.67. The third-order valence-corrected chi connectivity index (χ3v) is 6.14. The van der Waals surface area contributed by atoms with Crippen LogP contribution in [0.2, 0.25) is 0 Å². The van der Waals surface area contributed by atoms with Gasteiger partial charge in [0.2, 0.25) is 15.9 Å². The minimum absolute atomic E-state index is 0.0965. The topological polar surface area (TPSA) is 142 Å². The van der Waals surface area contributed by atoms with E-state index in [0.29, 0.717) is 5.39 Å². The minimum atomic E-state index is -4.24. The number of rotatable bonds is 10. The van der Waals surface area contributed by atoms with Crippen molar-refractivity contribution in [1.29, 1.82) is 0 Å². The fourth-order valence-electron chi connectivity index (χ4n) is 3.21. The molecule has 0 aromatic heterocycles. The molecular weight excluding hydrogens is 448 g/mol. The van der Waals surface area contributed by atoms with Gasteiger partial charge in [-0.25, -0.2) is 8.42 Å². The Morgan fingerprint density at radius 1 is 1.06 bits per heavy atom. The maximum Gasteiger partial charge on any atom is 0.311 e. The Balaban J connectivity index is 2.37. The van der Waals surface area contributed by atoms with Crippen molar-refractivity contribution in [2.45, 2.75) is 57.1 Å². The zero-order valence-corrected chi connectivity index (χ0v) is 20.0. The van der Waals surface area contributed by atoms with Gasteiger partial charge in [0.25, 0.3) is 0 Å². The number of carbonyl (C=O) groups is 3. The molecule has 0 aliphatic carbocycles. The maximum atomic E-state index is 13.1. The van der Waals surface area contributed by atoms with Gasteiger partial charge in [-0.15, -0.1) is 0 Å². The number of nitrogens with two attached hydrogens (primary N) is 1. The van der Waals surface area contributed by atoms with E-state index in [0.717, 1.165) is 5.39 Å². The Hall–Kier alpha value is -2.98. The van der Waals surface area contributed by atoms with Crippen molar-refractivity contribution >= 4 is 38.6 Å². The van der Waals surface area contributed by atoms with Crippen LogP contribution in [-0.4, -0.2) is 44.5 Å². The predicted molar refractivity (Wildman–Crippen MR) is 122 cm³/mol. The third kappa shape index (κ3) is 7.54. The van der Waals surface area contributed by atoms with Gasteiger partial charge in [-0.1, -0.05) is 30.3 Å². The highest BCUT2D eigenvalue weighted by atomic mass is 32.2. The molecule has 0 saturated carbocycles. The van der Waals surface area contributed by atoms with E-state index in [9.17, 15) is 22.8 Å². The van der Waals surface area contributed by atoms with E-state index in [-0.39, 0.29) is 24.3 Å². The van der Waals surface area contributed by atoms with Crippen LogP contribution in [0.15, 0.2) is 47.4 Å². The number of fused-ring (bicyclic) bond motifs is 1. The van der Waals surface area contributed by atoms with Crippen LogP contribution in [0.25, 0.3) is 10.8 Å². The average molecular weight is 479 g/mol. The van der Waals surface area contributed by atoms with Gasteiger partial charge in [0.15, 0.2) is 0 Å². The molecule has 0 aliphatic rings. The molecule has 9 nitrogen and oxygen atoms in total. The summed E-state index contributed by atoms with van der Waals surface area (Å²) >= 11 is 0. The van der Waals surface area contributed by atoms with Crippen LogP contribution >= 0.6 is 0 Å². The first kappa shape index (κ1) is 26.3. The van der Waals surface area contributed by atoms with Gasteiger partial charge >= 0.3 is 11.9 Å². The highest BCUT2D eigenvalue weighted by molar-refractivity contribution is 7.89. The minimum Gasteiger partial charge on any atom is -0.466 e. The number of hydrogen-bond donors (Lipinski definition) is 2. The van der Waals surface area contributed by atoms with Crippen LogP contribution < -0.4 is 10.5 Å². The number of hydrogen-bond acceptors (Lipinski definition) is 7. The van der Waals surface area contributed by atoms with Gasteiger partial charge in [0.1, 0.15) is 11.6 Å². The van der Waals surface area contributed by atoms with Gasteiger partial charge in [-0.2, -0.15) is 4.72 Å². The van der Waals surface area contributed by atoms with Gasteiger partial charge in [0.05, 0.1) is 17.4 Å². The zero-order valence-electron chi connectivity index (χ0n) is 19.2. The molecule has 0 fully saturated rings. The largest absolute Gasteiger partial charge is 0.466 e. The van der Waals surface area contributed by atoms with Crippen LogP contribution in [0.1, 0.15) is 40.5 Å². The molecule has 0 spiro atoms. The zero-order chi connectivity index (χ0) is 24.8. The van der Waals surface area contributed by atoms with E-state index in [2.05, 4.69) is 4.72 Å². The predicted octanol–water partition coefficient (Wildman–Crippen LogP) is 2.27. The van der Waals surface area contributed by atoms with Crippen molar-refractivity contribution in [2.24, 2.45) is 11.7 Å². The SMILES string of the molecule is CCOC(=O)CCC(C(=O)OC(C)(C)C)C(NS(=O)(=O)c1ccc2ccccc2c1)C(N)=O. The summed E-state index contributed by atoms with van der Waals surface area (Å²) in [5, 5.41) is 1.52. The summed E-state index contributed by atoms with van der Waals surface area (Å²) in [6, 6.07) is 10.0. The summed E-state index contributed by atoms with van der Waals surface area (Å²) in [5.41, 5.74) is 4.59. The summed E-state index contributed by atoms with van der Waals surface area (Å²) in [4.78, 5) is 36.9. The highest BCUT2D eigenvalue weighted by Gasteiger charge is 2.38. The molecule has 10 heteroatoms. The number of sulfonamides is 1. The highest BCUT2D eigenvalue weighted by Crippen LogP contribution is 2.23. The second-order valence-electron chi connectivity index (χ2n) is 8.49. The van der Waals surface area contributed by atoms with Crippen molar-refractivity contribution < 1.29 is 32.3 Å². The van der Waals surface area contributed by atoms with Crippen LogP contribution in [-0.2, 0) is 33.9 Å². The average Bonchev–Trinajstić information content (AvgIpc) is 2.71. The number of esters is 2. The molecule has 3 N–H and O–H groups in total. The summed E-state index contributed by atoms with van der Waals surface area (Å²) in [5.74, 6) is -3.84. The monoisotopic (exact) mass is 478 g/mol. The Morgan fingerprint density at radius 2 is 1.70 bits per heavy atom. The second-order valence-corrected chi connectivity index (χ2v) is 10.2. The molecule has 0 radical (unpaired) electrons. The van der Waals surface area contributed by atoms with E-state index >= 15 is 0 Å². The second kappa shape index (κ2) is 10.8. The molecule has 1 amide bonds. The Kier molecular flexibility index (Phi) is 8.57. The molecule has 0 saturated heterocycles. The van der Waals surface area contributed by atoms with Crippen molar-refractivity contribution in [1.82, 2.24) is 4.72 Å². The molecular formula is C23H30N2O7S. The molecule has 2 rings (SSSR count). The van der Waals surface area contributed by atoms with Crippen molar-refractivity contribution in [3.8, 4) is 0 Å². The van der Waals surface area contributed by atoms with Gasteiger partial charge < -0.3 is 15.2 Å².